The molecule has 70 N–H and O–H groups in total. The van der Waals surface area contributed by atoms with Crippen molar-refractivity contribution in [3.8, 4) is 0 Å². The Morgan fingerprint density at radius 2 is 0.194 bits per heavy atom. The molecule has 73 heteroatoms. The van der Waals surface area contributed by atoms with Crippen LogP contribution in [0.15, 0.2) is 233 Å². The average molecular weight is 3140 g/mol. The minimum Gasteiger partial charge on any atom is -2.00 e. The summed E-state index contributed by atoms with van der Waals surface area (Å²) in [6, 6.07) is 46.3. The van der Waals surface area contributed by atoms with E-state index in [-0.39, 0.29) is 462 Å². The second-order valence-corrected chi connectivity index (χ2v) is 29.2. The van der Waals surface area contributed by atoms with E-state index in [9.17, 15) is 104 Å². The molecular weight excluding hydrogens is 3010 g/mol. The average Bonchev–Trinajstić information content (AvgIpc) is 0.931. The van der Waals surface area contributed by atoms with E-state index in [1.54, 1.807) is 97.1 Å². The Kier molecular flexibility index (Phi) is 268. The molecule has 0 unspecified atom stereocenters. The van der Waals surface area contributed by atoms with E-state index in [1.165, 1.54) is 97.1 Å². The number of hydrogen-bond donors (Lipinski definition) is 0. The predicted molar refractivity (Wildman–Crippen MR) is 482 cm³/mol. The molecule has 50 nitrogen and oxygen atoms in total. The summed E-state index contributed by atoms with van der Waals surface area (Å²) in [5.74, 6) is 0. The molecule has 129 heavy (non-hydrogen) atoms. The van der Waals surface area contributed by atoms with Crippen molar-refractivity contribution in [1.29, 1.82) is 0 Å². The minimum absolute atomic E-state index is 0. The largest absolute Gasteiger partial charge is 4.00 e. The zero-order chi connectivity index (χ0) is 67.9. The zero-order valence-corrected chi connectivity index (χ0v) is 103. The van der Waals surface area contributed by atoms with Gasteiger partial charge in [-0.1, -0.05) is 142 Å². The summed E-state index contributed by atoms with van der Waals surface area (Å²) in [6.45, 7) is 14.6. The van der Waals surface area contributed by atoms with Gasteiger partial charge in [0.2, 0.25) is 0 Å². The van der Waals surface area contributed by atoms with Gasteiger partial charge in [0.25, 0.3) is 0 Å². The zero-order valence-electron chi connectivity index (χ0n) is 68.1. The number of hydrogen-bond acceptors (Lipinski definition) is 24. The molecule has 0 aromatic heterocycles. The van der Waals surface area contributed by atoms with Gasteiger partial charge in [-0.25, -0.2) is 67.3 Å². The van der Waals surface area contributed by atoms with Gasteiger partial charge in [0.15, 0.2) is 0 Å². The quantitative estimate of drug-likeness (QED) is 0.0774. The van der Waals surface area contributed by atoms with E-state index in [2.05, 4.69) is 0 Å². The van der Waals surface area contributed by atoms with E-state index in [0.29, 0.717) is 0 Å². The first-order valence-electron chi connectivity index (χ1n) is 24.2. The Morgan fingerprint density at radius 1 is 0.155 bits per heavy atom. The topological polar surface area (TPSA) is 1300 Å². The molecule has 0 atom stereocenters. The summed E-state index contributed by atoms with van der Waals surface area (Å²) in [7, 11) is -34.2. The normalized spacial score (nSPS) is 7.81. The maximum absolute atomic E-state index is 10.4. The van der Waals surface area contributed by atoms with Gasteiger partial charge in [0.1, 0.15) is 80.9 Å². The maximum Gasteiger partial charge on any atom is 4.00 e. The Bertz CT molecular complexity index is 3700. The summed E-state index contributed by atoms with van der Waals surface area (Å²) in [5, 5.41) is 0. The van der Waals surface area contributed by atoms with E-state index >= 15 is 0 Å². The Hall–Kier alpha value is 0.829. The van der Waals surface area contributed by atoms with Gasteiger partial charge in [-0.3, -0.25) is 0 Å². The minimum atomic E-state index is -4.27. The molecule has 8 aromatic carbocycles. The van der Waals surface area contributed by atoms with E-state index < -0.39 is 80.9 Å². The van der Waals surface area contributed by atoms with Crippen LogP contribution in [0.25, 0.3) is 0 Å². The standard InChI is InChI=1S/8C7H8O3S.Ge.6Mo.26H2O.8Se/c8*1-6-2-4-7(5-3-6)11(8,9)10;;;;;;;;;;;;;;;;;;;;;;;;;;;;;;;;;;;;;;;;;/h8*2-5H,1H3,(H,8,9,10);;;;;;;;26*1H2;;;;;;;;/q;;;;;;;;;4*+3;2*+4;;;;;;;;;;;;;;;;;;;;;;;;;;;2*-2;6*-1/p+10. The van der Waals surface area contributed by atoms with Crippen LogP contribution in [0.2, 0.25) is 0 Å². The first kappa shape index (κ1) is 273. The van der Waals surface area contributed by atoms with E-state index in [4.69, 9.17) is 0 Å². The molecule has 0 amide bonds. The van der Waals surface area contributed by atoms with Crippen molar-refractivity contribution in [2.75, 3.05) is 0 Å². The smallest absolute Gasteiger partial charge is 2.00 e. The van der Waals surface area contributed by atoms with Crippen LogP contribution in [-0.4, -0.2) is 302 Å². The molecule has 0 aliphatic carbocycles. The Morgan fingerprint density at radius 3 is 0.225 bits per heavy atom. The van der Waals surface area contributed by atoms with Crippen molar-refractivity contribution in [2.24, 2.45) is 0 Å². The van der Waals surface area contributed by atoms with Crippen LogP contribution in [0, 0.1) is 55.4 Å². The predicted octanol–water partition coefficient (Wildman–Crippen LogP) is -19.4. The fourth-order valence-corrected chi connectivity index (χ4v) is 9.39. The summed E-state index contributed by atoms with van der Waals surface area (Å²) in [4.78, 5) is -1.42. The third-order valence-corrected chi connectivity index (χ3v) is 17.3. The van der Waals surface area contributed by atoms with Crippen LogP contribution < -0.4 is 0 Å². The summed E-state index contributed by atoms with van der Waals surface area (Å²) in [5.41, 5.74) is 7.43. The molecule has 0 heterocycles. The second-order valence-electron chi connectivity index (χ2n) is 18.1. The maximum atomic E-state index is 10.4. The van der Waals surface area contributed by atoms with Gasteiger partial charge in [-0.05, 0) is 152 Å². The van der Waals surface area contributed by atoms with Crippen molar-refractivity contribution < 1.29 is 373 Å². The van der Waals surface area contributed by atoms with Gasteiger partial charge in [0, 0.05) is 17.6 Å². The van der Waals surface area contributed by atoms with Gasteiger partial charge in [-0.15, -0.1) is 0 Å². The molecule has 0 fully saturated rings. The van der Waals surface area contributed by atoms with Gasteiger partial charge < -0.3 is 315 Å². The molecule has 0 aliphatic heterocycles. The fraction of sp³-hybridized carbons (Fsp3) is 0.143. The first-order valence-corrected chi connectivity index (χ1v) is 35.5. The SMILES string of the molecule is Cc1ccc(S(=O)(=O)[O-])cc1.Cc1ccc(S(=O)(=O)[O-])cc1.Cc1ccc(S(=O)(=O)[O-])cc1.Cc1ccc(S(=O)(=O)[O-])cc1.Cc1ccc(S(=O)(=O)[O-])cc1.Cc1ccc(S(=O)(=O)[O-])cc1.Cc1ccc(S(=O)(=O)[O-])cc1.Cc1ccc(S(=O)(=O)[O-])cc1.O.O.O.O.O.O.O.O.[Ge].[Mo+3].[Mo+3].[Mo+3].[Mo+3].[Mo+4].[Mo+4].[OH3+].[OH3+].[OH3+].[OH3+].[OH3+].[OH3+].[OH3+].[OH3+].[OH3+].[OH3+].[OH3+].[OH3+].[OH3+].[OH3+].[OH3+].[OH3+].[OH3+].[OH3+].[Se-2].[Se-2].[Se-].[Se-].[Se-].[Se-].[Se-].[Se-]. The van der Waals surface area contributed by atoms with Crippen LogP contribution in [0.5, 0.6) is 0 Å². The Labute approximate surface area is 929 Å². The first-order chi connectivity index (χ1) is 40.0. The molecule has 0 bridgehead atoms. The molecule has 0 saturated carbocycles. The summed E-state index contributed by atoms with van der Waals surface area (Å²) >= 11 is 0. The summed E-state index contributed by atoms with van der Waals surface area (Å²) < 4.78 is 249. The van der Waals surface area contributed by atoms with Crippen LogP contribution in [0.1, 0.15) is 44.5 Å². The number of aryl methyl sites for hydroxylation is 8. The van der Waals surface area contributed by atoms with Crippen molar-refractivity contribution >= 4 is 235 Å². The molecule has 0 saturated heterocycles. The number of benzene rings is 8. The molecule has 0 spiro atoms. The Balaban J connectivity index is -0.0000000168. The molecule has 8 aromatic rings. The van der Waals surface area contributed by atoms with Crippen LogP contribution in [-0.2, 0) is 306 Å². The van der Waals surface area contributed by atoms with Crippen molar-refractivity contribution in [1.82, 2.24) is 0 Å². The third kappa shape index (κ3) is 125. The van der Waals surface area contributed by atoms with E-state index in [1.807, 2.05) is 55.4 Å². The fourth-order valence-electron chi connectivity index (χ4n) is 5.64. The second kappa shape index (κ2) is 127. The molecule has 8 rings (SSSR count). The van der Waals surface area contributed by atoms with Gasteiger partial charge in [-0.2, -0.15) is 0 Å². The van der Waals surface area contributed by atoms with Crippen molar-refractivity contribution in [3.63, 3.8) is 0 Å². The van der Waals surface area contributed by atoms with Gasteiger partial charge in [0.05, 0.1) is 39.2 Å². The third-order valence-electron chi connectivity index (χ3n) is 10.5. The number of rotatable bonds is 8. The molecule has 766 valence electrons. The van der Waals surface area contributed by atoms with Crippen LogP contribution >= 0.6 is 0 Å². The monoisotopic (exact) mass is 3160 g/mol. The van der Waals surface area contributed by atoms with Crippen molar-refractivity contribution in [3.05, 3.63) is 239 Å². The van der Waals surface area contributed by atoms with Crippen LogP contribution in [0.4, 0.5) is 0 Å². The van der Waals surface area contributed by atoms with Crippen molar-refractivity contribution in [2.45, 2.75) is 94.6 Å². The van der Waals surface area contributed by atoms with E-state index in [0.717, 1.165) is 44.5 Å². The summed E-state index contributed by atoms with van der Waals surface area (Å²) in [6.07, 6.45) is 0. The molecule has 14 radical (unpaired) electrons. The van der Waals surface area contributed by atoms with Gasteiger partial charge >= 0.3 is 126 Å². The molecule has 0 aliphatic rings. The van der Waals surface area contributed by atoms with Crippen LogP contribution in [0.3, 0.4) is 0 Å². The molecular formula is C56H126GeMo6O50S8Se8+20.